The average molecular weight is 187 g/mol. The van der Waals surface area contributed by atoms with Crippen LogP contribution in [-0.2, 0) is 6.54 Å². The Hall–Kier alpha value is -1.13. The largest absolute Gasteiger partial charge is 0.326 e. The van der Waals surface area contributed by atoms with Gasteiger partial charge in [0, 0.05) is 23.7 Å². The highest BCUT2D eigenvalue weighted by Crippen LogP contribution is 2.21. The van der Waals surface area contributed by atoms with Crippen LogP contribution < -0.4 is 5.73 Å². The third-order valence-electron chi connectivity index (χ3n) is 1.46. The predicted molar refractivity (Wildman–Crippen MR) is 46.0 cm³/mol. The number of benzene rings is 1. The van der Waals surface area contributed by atoms with Crippen LogP contribution in [-0.4, -0.2) is 4.92 Å². The molecule has 0 fully saturated rings. The molecule has 1 aromatic carbocycles. The molecule has 2 N–H and O–H groups in total. The molecule has 1 rings (SSSR count). The number of nitro benzene ring substituents is 1. The zero-order chi connectivity index (χ0) is 9.14. The molecule has 0 saturated heterocycles. The van der Waals surface area contributed by atoms with Gasteiger partial charge in [-0.2, -0.15) is 0 Å². The molecular weight excluding hydrogens is 180 g/mol. The number of nitrogens with zero attached hydrogens (tertiary/aromatic N) is 1. The number of nitrogens with two attached hydrogens (primary N) is 1. The van der Waals surface area contributed by atoms with Crippen molar-refractivity contribution in [3.8, 4) is 0 Å². The van der Waals surface area contributed by atoms with Gasteiger partial charge in [-0.25, -0.2) is 0 Å². The Labute approximate surface area is 74.1 Å². The lowest BCUT2D eigenvalue weighted by molar-refractivity contribution is -0.384. The minimum absolute atomic E-state index is 0.0138. The molecule has 12 heavy (non-hydrogen) atoms. The average Bonchev–Trinajstić information content (AvgIpc) is 2.05. The monoisotopic (exact) mass is 186 g/mol. The highest BCUT2D eigenvalue weighted by Gasteiger charge is 2.07. The smallest absolute Gasteiger partial charge is 0.269 e. The van der Waals surface area contributed by atoms with E-state index in [1.807, 2.05) is 0 Å². The van der Waals surface area contributed by atoms with E-state index < -0.39 is 4.92 Å². The second-order valence-electron chi connectivity index (χ2n) is 2.24. The van der Waals surface area contributed by atoms with Crippen LogP contribution in [0.25, 0.3) is 0 Å². The summed E-state index contributed by atoms with van der Waals surface area (Å²) in [5.41, 5.74) is 5.92. The first-order valence-corrected chi connectivity index (χ1v) is 3.66. The van der Waals surface area contributed by atoms with E-state index in [2.05, 4.69) is 0 Å². The van der Waals surface area contributed by atoms with Gasteiger partial charge in [-0.15, -0.1) is 0 Å². The summed E-state index contributed by atoms with van der Waals surface area (Å²) in [7, 11) is 0. The first-order chi connectivity index (χ1) is 5.65. The Kier molecular flexibility index (Phi) is 2.62. The fraction of sp³-hybridized carbons (Fsp3) is 0.143. The third kappa shape index (κ3) is 1.72. The van der Waals surface area contributed by atoms with Crippen LogP contribution in [0.3, 0.4) is 0 Å². The summed E-state index contributed by atoms with van der Waals surface area (Å²) in [4.78, 5) is 9.83. The predicted octanol–water partition coefficient (Wildman–Crippen LogP) is 1.71. The summed E-state index contributed by atoms with van der Waals surface area (Å²) in [6.07, 6.45) is 0. The van der Waals surface area contributed by atoms with Crippen molar-refractivity contribution in [2.75, 3.05) is 0 Å². The first-order valence-electron chi connectivity index (χ1n) is 3.28. The minimum atomic E-state index is -0.477. The zero-order valence-electron chi connectivity index (χ0n) is 6.16. The third-order valence-corrected chi connectivity index (χ3v) is 1.83. The number of hydrogen-bond donors (Lipinski definition) is 1. The molecule has 5 heteroatoms. The van der Waals surface area contributed by atoms with Gasteiger partial charge < -0.3 is 5.73 Å². The fourth-order valence-electron chi connectivity index (χ4n) is 0.831. The van der Waals surface area contributed by atoms with Crippen molar-refractivity contribution in [2.24, 2.45) is 5.73 Å². The molecule has 0 saturated carbocycles. The highest BCUT2D eigenvalue weighted by molar-refractivity contribution is 6.31. The fourth-order valence-corrected chi connectivity index (χ4v) is 1.03. The van der Waals surface area contributed by atoms with Gasteiger partial charge in [0.15, 0.2) is 0 Å². The number of halogens is 1. The number of non-ortho nitro benzene ring substituents is 1. The van der Waals surface area contributed by atoms with Crippen molar-refractivity contribution in [3.63, 3.8) is 0 Å². The molecule has 0 aliphatic heterocycles. The van der Waals surface area contributed by atoms with Gasteiger partial charge in [0.05, 0.1) is 4.92 Å². The van der Waals surface area contributed by atoms with Crippen molar-refractivity contribution in [1.82, 2.24) is 0 Å². The van der Waals surface area contributed by atoms with Crippen LogP contribution in [0.2, 0.25) is 5.02 Å². The van der Waals surface area contributed by atoms with Crippen LogP contribution >= 0.6 is 11.6 Å². The second kappa shape index (κ2) is 3.51. The van der Waals surface area contributed by atoms with Crippen molar-refractivity contribution in [1.29, 1.82) is 0 Å². The summed E-state index contributed by atoms with van der Waals surface area (Å²) >= 11 is 5.70. The van der Waals surface area contributed by atoms with Gasteiger partial charge in [0.2, 0.25) is 0 Å². The maximum absolute atomic E-state index is 10.3. The molecular formula is C7H7ClN2O2. The Morgan fingerprint density at radius 3 is 2.75 bits per heavy atom. The van der Waals surface area contributed by atoms with Gasteiger partial charge in [-0.05, 0) is 11.6 Å². The number of rotatable bonds is 2. The van der Waals surface area contributed by atoms with E-state index in [0.29, 0.717) is 10.6 Å². The number of hydrogen-bond acceptors (Lipinski definition) is 3. The molecule has 0 unspecified atom stereocenters. The lowest BCUT2D eigenvalue weighted by atomic mass is 10.2. The Bertz CT molecular complexity index is 314. The zero-order valence-corrected chi connectivity index (χ0v) is 6.91. The molecule has 0 atom stereocenters. The molecule has 0 aliphatic carbocycles. The molecule has 4 nitrogen and oxygen atoms in total. The van der Waals surface area contributed by atoms with E-state index >= 15 is 0 Å². The minimum Gasteiger partial charge on any atom is -0.326 e. The molecule has 0 aromatic heterocycles. The van der Waals surface area contributed by atoms with Crippen molar-refractivity contribution in [2.45, 2.75) is 6.54 Å². The summed E-state index contributed by atoms with van der Waals surface area (Å²) in [6, 6.07) is 4.20. The summed E-state index contributed by atoms with van der Waals surface area (Å²) < 4.78 is 0. The van der Waals surface area contributed by atoms with Crippen molar-refractivity contribution >= 4 is 17.3 Å². The quantitative estimate of drug-likeness (QED) is 0.565. The van der Waals surface area contributed by atoms with E-state index in [1.54, 1.807) is 0 Å². The number of nitro groups is 1. The van der Waals surface area contributed by atoms with E-state index in [0.717, 1.165) is 0 Å². The Balaban J connectivity index is 3.13. The van der Waals surface area contributed by atoms with E-state index in [9.17, 15) is 10.1 Å². The summed E-state index contributed by atoms with van der Waals surface area (Å²) in [5, 5.41) is 10.8. The molecule has 1 aromatic rings. The SMILES string of the molecule is NCc1cc([N+](=O)[O-])ccc1Cl. The van der Waals surface area contributed by atoms with Gasteiger partial charge in [0.25, 0.3) is 5.69 Å². The van der Waals surface area contributed by atoms with Crippen LogP contribution in [0.15, 0.2) is 18.2 Å². The topological polar surface area (TPSA) is 69.2 Å². The van der Waals surface area contributed by atoms with Crippen LogP contribution in [0.4, 0.5) is 5.69 Å². The first kappa shape index (κ1) is 8.96. The van der Waals surface area contributed by atoms with E-state index in [1.165, 1.54) is 18.2 Å². The molecule has 64 valence electrons. The van der Waals surface area contributed by atoms with Gasteiger partial charge in [-0.1, -0.05) is 11.6 Å². The van der Waals surface area contributed by atoms with E-state index in [4.69, 9.17) is 17.3 Å². The van der Waals surface area contributed by atoms with Crippen molar-refractivity contribution < 1.29 is 4.92 Å². The molecule has 0 spiro atoms. The van der Waals surface area contributed by atoms with Crippen molar-refractivity contribution in [3.05, 3.63) is 38.9 Å². The molecule has 0 aliphatic rings. The van der Waals surface area contributed by atoms with Crippen LogP contribution in [0, 0.1) is 10.1 Å². The molecule has 0 amide bonds. The molecule has 0 heterocycles. The standard InChI is InChI=1S/C7H7ClN2O2/c8-7-2-1-6(10(11)12)3-5(7)4-9/h1-3H,4,9H2. The van der Waals surface area contributed by atoms with Gasteiger partial charge in [-0.3, -0.25) is 10.1 Å². The second-order valence-corrected chi connectivity index (χ2v) is 2.64. The van der Waals surface area contributed by atoms with E-state index in [-0.39, 0.29) is 12.2 Å². The normalized spacial score (nSPS) is 9.83. The van der Waals surface area contributed by atoms with Gasteiger partial charge >= 0.3 is 0 Å². The lowest BCUT2D eigenvalue weighted by Gasteiger charge is -1.98. The lowest BCUT2D eigenvalue weighted by Crippen LogP contribution is -1.98. The Morgan fingerprint density at radius 2 is 2.25 bits per heavy atom. The van der Waals surface area contributed by atoms with Crippen LogP contribution in [0.1, 0.15) is 5.56 Å². The molecule has 0 radical (unpaired) electrons. The van der Waals surface area contributed by atoms with Gasteiger partial charge in [0.1, 0.15) is 0 Å². The molecule has 0 bridgehead atoms. The van der Waals surface area contributed by atoms with Crippen LogP contribution in [0.5, 0.6) is 0 Å². The maximum Gasteiger partial charge on any atom is 0.269 e. The summed E-state index contributed by atoms with van der Waals surface area (Å²) in [6.45, 7) is 0.209. The summed E-state index contributed by atoms with van der Waals surface area (Å²) in [5.74, 6) is 0. The Morgan fingerprint density at radius 1 is 1.58 bits per heavy atom. The maximum atomic E-state index is 10.3. The highest BCUT2D eigenvalue weighted by atomic mass is 35.5.